The summed E-state index contributed by atoms with van der Waals surface area (Å²) in [7, 11) is 1.32. The Bertz CT molecular complexity index is 615. The summed E-state index contributed by atoms with van der Waals surface area (Å²) in [6.45, 7) is 0.352. The van der Waals surface area contributed by atoms with Crippen LogP contribution in [0.1, 0.15) is 26.7 Å². The third kappa shape index (κ3) is 3.17. The van der Waals surface area contributed by atoms with Crippen LogP contribution in [0.15, 0.2) is 40.8 Å². The van der Waals surface area contributed by atoms with Crippen LogP contribution in [0.4, 0.5) is 5.69 Å². The van der Waals surface area contributed by atoms with E-state index in [1.807, 2.05) is 0 Å². The maximum atomic E-state index is 11.3. The number of furan rings is 1. The fourth-order valence-corrected chi connectivity index (χ4v) is 1.62. The molecule has 0 saturated heterocycles. The van der Waals surface area contributed by atoms with E-state index in [0.717, 1.165) is 5.69 Å². The molecular formula is C14H13NO5. The predicted octanol–water partition coefficient (Wildman–Crippen LogP) is 2.38. The maximum Gasteiger partial charge on any atom is 0.371 e. The molecule has 0 saturated carbocycles. The molecular weight excluding hydrogens is 262 g/mol. The minimum atomic E-state index is -1.10. The Morgan fingerprint density at radius 1 is 1.20 bits per heavy atom. The molecule has 6 heteroatoms. The Kier molecular flexibility index (Phi) is 4.05. The molecule has 0 unspecified atom stereocenters. The molecule has 104 valence electrons. The van der Waals surface area contributed by atoms with E-state index in [4.69, 9.17) is 9.52 Å². The number of ether oxygens (including phenoxy) is 1. The van der Waals surface area contributed by atoms with Gasteiger partial charge >= 0.3 is 11.9 Å². The van der Waals surface area contributed by atoms with E-state index in [2.05, 4.69) is 10.1 Å². The van der Waals surface area contributed by atoms with Gasteiger partial charge in [-0.2, -0.15) is 0 Å². The smallest absolute Gasteiger partial charge is 0.371 e. The molecule has 0 atom stereocenters. The fourth-order valence-electron chi connectivity index (χ4n) is 1.62. The zero-order valence-corrected chi connectivity index (χ0v) is 10.8. The first-order chi connectivity index (χ1) is 9.60. The number of benzene rings is 1. The second-order valence-corrected chi connectivity index (χ2v) is 3.99. The minimum Gasteiger partial charge on any atom is -0.475 e. The highest BCUT2D eigenvalue weighted by atomic mass is 16.5. The molecule has 0 bridgehead atoms. The molecule has 0 aliphatic rings. The Morgan fingerprint density at radius 2 is 1.90 bits per heavy atom. The third-order valence-electron chi connectivity index (χ3n) is 2.65. The van der Waals surface area contributed by atoms with E-state index in [1.165, 1.54) is 13.2 Å². The number of carbonyl (C=O) groups excluding carboxylic acids is 1. The van der Waals surface area contributed by atoms with Crippen LogP contribution in [0.5, 0.6) is 0 Å². The lowest BCUT2D eigenvalue weighted by Crippen LogP contribution is -2.02. The van der Waals surface area contributed by atoms with Crippen molar-refractivity contribution in [2.24, 2.45) is 0 Å². The van der Waals surface area contributed by atoms with Crippen molar-refractivity contribution in [1.82, 2.24) is 0 Å². The standard InChI is InChI=1S/C14H13NO5/c1-19-14(18)9-2-4-10(5-3-9)15-8-11-6-7-12(20-11)13(16)17/h2-7,15H,8H2,1H3,(H,16,17). The summed E-state index contributed by atoms with van der Waals surface area (Å²) >= 11 is 0. The number of methoxy groups -OCH3 is 1. The highest BCUT2D eigenvalue weighted by molar-refractivity contribution is 5.89. The number of esters is 1. The van der Waals surface area contributed by atoms with Gasteiger partial charge in [0.15, 0.2) is 0 Å². The number of anilines is 1. The highest BCUT2D eigenvalue weighted by Gasteiger charge is 2.09. The maximum absolute atomic E-state index is 11.3. The Balaban J connectivity index is 1.96. The van der Waals surface area contributed by atoms with Gasteiger partial charge in [0.25, 0.3) is 0 Å². The van der Waals surface area contributed by atoms with Crippen molar-refractivity contribution in [2.75, 3.05) is 12.4 Å². The van der Waals surface area contributed by atoms with Crippen LogP contribution < -0.4 is 5.32 Å². The number of rotatable bonds is 5. The summed E-state index contributed by atoms with van der Waals surface area (Å²) in [5, 5.41) is 11.8. The van der Waals surface area contributed by atoms with Crippen LogP contribution in [0.25, 0.3) is 0 Å². The molecule has 0 radical (unpaired) electrons. The van der Waals surface area contributed by atoms with Gasteiger partial charge in [0.05, 0.1) is 19.2 Å². The first kappa shape index (κ1) is 13.7. The lowest BCUT2D eigenvalue weighted by Gasteiger charge is -2.05. The van der Waals surface area contributed by atoms with Gasteiger partial charge in [0.2, 0.25) is 5.76 Å². The largest absolute Gasteiger partial charge is 0.475 e. The van der Waals surface area contributed by atoms with Crippen LogP contribution in [-0.2, 0) is 11.3 Å². The average molecular weight is 275 g/mol. The van der Waals surface area contributed by atoms with E-state index in [1.54, 1.807) is 30.3 Å². The van der Waals surface area contributed by atoms with Crippen molar-refractivity contribution < 1.29 is 23.8 Å². The van der Waals surface area contributed by atoms with E-state index in [0.29, 0.717) is 17.9 Å². The van der Waals surface area contributed by atoms with Gasteiger partial charge < -0.3 is 19.6 Å². The molecule has 0 amide bonds. The SMILES string of the molecule is COC(=O)c1ccc(NCc2ccc(C(=O)O)o2)cc1. The molecule has 0 fully saturated rings. The minimum absolute atomic E-state index is 0.0946. The molecule has 2 aromatic rings. The van der Waals surface area contributed by atoms with Crippen molar-refractivity contribution in [2.45, 2.75) is 6.54 Å². The number of hydrogen-bond donors (Lipinski definition) is 2. The van der Waals surface area contributed by atoms with Gasteiger partial charge in [-0.25, -0.2) is 9.59 Å². The summed E-state index contributed by atoms with van der Waals surface area (Å²) in [5.74, 6) is -1.07. The second kappa shape index (κ2) is 5.92. The Hall–Kier alpha value is -2.76. The molecule has 6 nitrogen and oxygen atoms in total. The normalized spacial score (nSPS) is 10.1. The first-order valence-corrected chi connectivity index (χ1v) is 5.84. The van der Waals surface area contributed by atoms with Crippen LogP contribution >= 0.6 is 0 Å². The topological polar surface area (TPSA) is 88.8 Å². The van der Waals surface area contributed by atoms with Gasteiger partial charge in [0.1, 0.15) is 5.76 Å². The number of aromatic carboxylic acids is 1. The van der Waals surface area contributed by atoms with Crippen molar-refractivity contribution >= 4 is 17.6 Å². The molecule has 1 heterocycles. The molecule has 20 heavy (non-hydrogen) atoms. The second-order valence-electron chi connectivity index (χ2n) is 3.99. The van der Waals surface area contributed by atoms with Gasteiger partial charge in [0, 0.05) is 5.69 Å². The number of hydrogen-bond acceptors (Lipinski definition) is 5. The van der Waals surface area contributed by atoms with Crippen molar-refractivity contribution in [3.8, 4) is 0 Å². The summed E-state index contributed by atoms with van der Waals surface area (Å²) in [6.07, 6.45) is 0. The Labute approximate surface area is 115 Å². The molecule has 0 aliphatic heterocycles. The monoisotopic (exact) mass is 275 g/mol. The van der Waals surface area contributed by atoms with E-state index >= 15 is 0 Å². The van der Waals surface area contributed by atoms with Gasteiger partial charge in [-0.15, -0.1) is 0 Å². The number of carboxylic acid groups (broad SMARTS) is 1. The van der Waals surface area contributed by atoms with Gasteiger partial charge in [-0.1, -0.05) is 0 Å². The van der Waals surface area contributed by atoms with Gasteiger partial charge in [-0.05, 0) is 36.4 Å². The van der Waals surface area contributed by atoms with E-state index < -0.39 is 11.9 Å². The lowest BCUT2D eigenvalue weighted by molar-refractivity contribution is 0.0599. The molecule has 2 rings (SSSR count). The zero-order chi connectivity index (χ0) is 14.5. The molecule has 2 N–H and O–H groups in total. The molecule has 0 spiro atoms. The average Bonchev–Trinajstić information content (AvgIpc) is 2.94. The van der Waals surface area contributed by atoms with Crippen molar-refractivity contribution in [3.63, 3.8) is 0 Å². The van der Waals surface area contributed by atoms with Crippen LogP contribution in [0.2, 0.25) is 0 Å². The molecule has 0 aliphatic carbocycles. The molecule has 1 aromatic carbocycles. The quantitative estimate of drug-likeness (QED) is 0.814. The van der Waals surface area contributed by atoms with Crippen LogP contribution in [0.3, 0.4) is 0 Å². The van der Waals surface area contributed by atoms with Crippen molar-refractivity contribution in [1.29, 1.82) is 0 Å². The first-order valence-electron chi connectivity index (χ1n) is 5.84. The number of carbonyl (C=O) groups is 2. The zero-order valence-electron chi connectivity index (χ0n) is 10.8. The summed E-state index contributed by atoms with van der Waals surface area (Å²) < 4.78 is 9.71. The Morgan fingerprint density at radius 3 is 2.45 bits per heavy atom. The van der Waals surface area contributed by atoms with Crippen LogP contribution in [0, 0.1) is 0 Å². The lowest BCUT2D eigenvalue weighted by atomic mass is 10.2. The summed E-state index contributed by atoms with van der Waals surface area (Å²) in [6, 6.07) is 9.73. The summed E-state index contributed by atoms with van der Waals surface area (Å²) in [4.78, 5) is 21.9. The van der Waals surface area contributed by atoms with Gasteiger partial charge in [-0.3, -0.25) is 0 Å². The van der Waals surface area contributed by atoms with E-state index in [-0.39, 0.29) is 5.76 Å². The fraction of sp³-hybridized carbons (Fsp3) is 0.143. The summed E-state index contributed by atoms with van der Waals surface area (Å²) in [5.41, 5.74) is 1.25. The van der Waals surface area contributed by atoms with Crippen molar-refractivity contribution in [3.05, 3.63) is 53.5 Å². The highest BCUT2D eigenvalue weighted by Crippen LogP contribution is 2.13. The molecule has 1 aromatic heterocycles. The van der Waals surface area contributed by atoms with Crippen LogP contribution in [-0.4, -0.2) is 24.2 Å². The predicted molar refractivity (Wildman–Crippen MR) is 70.8 cm³/mol. The third-order valence-corrected chi connectivity index (χ3v) is 2.65. The van der Waals surface area contributed by atoms with E-state index in [9.17, 15) is 9.59 Å². The number of nitrogens with one attached hydrogen (secondary N) is 1. The number of carboxylic acids is 1.